The number of nitrogens with zero attached hydrogens (tertiary/aromatic N) is 2. The smallest absolute Gasteiger partial charge is 0.226 e. The van der Waals surface area contributed by atoms with Gasteiger partial charge < -0.3 is 9.47 Å². The van der Waals surface area contributed by atoms with Crippen molar-refractivity contribution < 1.29 is 18.3 Å². The predicted molar refractivity (Wildman–Crippen MR) is 55.0 cm³/mol. The molecule has 0 unspecified atom stereocenters. The molecule has 0 N–H and O–H groups in total. The molecule has 0 saturated heterocycles. The van der Waals surface area contributed by atoms with Crippen LogP contribution in [0.1, 0.15) is 0 Å². The first-order valence-electron chi connectivity index (χ1n) is 4.68. The van der Waals surface area contributed by atoms with E-state index in [4.69, 9.17) is 9.47 Å². The minimum absolute atomic E-state index is 0.113. The van der Waals surface area contributed by atoms with Gasteiger partial charge in [-0.2, -0.15) is 0 Å². The maximum Gasteiger partial charge on any atom is 0.226 e. The number of rotatable bonds is 3. The summed E-state index contributed by atoms with van der Waals surface area (Å²) in [6.07, 6.45) is 1.22. The highest BCUT2D eigenvalue weighted by atomic mass is 19.1. The quantitative estimate of drug-likeness (QED) is 0.824. The number of hydrogen-bond donors (Lipinski definition) is 0. The zero-order valence-corrected chi connectivity index (χ0v) is 8.85. The highest BCUT2D eigenvalue weighted by Gasteiger charge is 2.07. The average Bonchev–Trinajstić information content (AvgIpc) is 2.33. The van der Waals surface area contributed by atoms with Crippen molar-refractivity contribution in [1.29, 1.82) is 0 Å². The van der Waals surface area contributed by atoms with Gasteiger partial charge in [0.05, 0.1) is 13.2 Å². The molecule has 2 rings (SSSR count). The molecule has 0 aliphatic heterocycles. The minimum Gasteiger partial charge on any atom is -0.481 e. The van der Waals surface area contributed by atoms with Gasteiger partial charge in [0.25, 0.3) is 0 Å². The van der Waals surface area contributed by atoms with E-state index in [1.54, 1.807) is 0 Å². The van der Waals surface area contributed by atoms with Gasteiger partial charge in [-0.1, -0.05) is 0 Å². The van der Waals surface area contributed by atoms with Gasteiger partial charge in [0.2, 0.25) is 11.8 Å². The standard InChI is InChI=1S/C11H8F2N2O2/c1-16-10-5-11(15-6-14-10)17-9-3-2-7(12)4-8(9)13/h2-6H,1H3. The Morgan fingerprint density at radius 3 is 2.53 bits per heavy atom. The van der Waals surface area contributed by atoms with E-state index in [0.29, 0.717) is 0 Å². The first kappa shape index (κ1) is 11.3. The third kappa shape index (κ3) is 2.66. The number of hydrogen-bond acceptors (Lipinski definition) is 4. The lowest BCUT2D eigenvalue weighted by Gasteiger charge is -2.06. The van der Waals surface area contributed by atoms with E-state index in [1.165, 1.54) is 25.6 Å². The van der Waals surface area contributed by atoms with Gasteiger partial charge in [-0.15, -0.1) is 0 Å². The maximum absolute atomic E-state index is 13.3. The lowest BCUT2D eigenvalue weighted by molar-refractivity contribution is 0.383. The van der Waals surface area contributed by atoms with Crippen molar-refractivity contribution in [2.75, 3.05) is 7.11 Å². The molecule has 6 heteroatoms. The fraction of sp³-hybridized carbons (Fsp3) is 0.0909. The molecule has 17 heavy (non-hydrogen) atoms. The van der Waals surface area contributed by atoms with E-state index in [-0.39, 0.29) is 17.5 Å². The molecule has 0 aliphatic rings. The Kier molecular flexibility index (Phi) is 3.13. The van der Waals surface area contributed by atoms with Crippen LogP contribution in [0.5, 0.6) is 17.5 Å². The van der Waals surface area contributed by atoms with Crippen LogP contribution in [0.3, 0.4) is 0 Å². The topological polar surface area (TPSA) is 44.2 Å². The minimum atomic E-state index is -0.803. The van der Waals surface area contributed by atoms with E-state index < -0.39 is 11.6 Å². The molecular weight excluding hydrogens is 230 g/mol. The molecule has 0 fully saturated rings. The summed E-state index contributed by atoms with van der Waals surface area (Å²) in [4.78, 5) is 7.54. The van der Waals surface area contributed by atoms with Gasteiger partial charge >= 0.3 is 0 Å². The van der Waals surface area contributed by atoms with Crippen molar-refractivity contribution in [2.45, 2.75) is 0 Å². The Balaban J connectivity index is 2.25. The third-order valence-corrected chi connectivity index (χ3v) is 1.93. The Morgan fingerprint density at radius 2 is 1.82 bits per heavy atom. The van der Waals surface area contributed by atoms with E-state index in [9.17, 15) is 8.78 Å². The Morgan fingerprint density at radius 1 is 1.06 bits per heavy atom. The van der Waals surface area contributed by atoms with Crippen LogP contribution in [0.25, 0.3) is 0 Å². The van der Waals surface area contributed by atoms with Crippen molar-refractivity contribution in [3.05, 3.63) is 42.2 Å². The molecule has 1 aromatic heterocycles. The van der Waals surface area contributed by atoms with Crippen LogP contribution in [-0.4, -0.2) is 17.1 Å². The fourth-order valence-corrected chi connectivity index (χ4v) is 1.16. The van der Waals surface area contributed by atoms with Crippen LogP contribution in [0.4, 0.5) is 8.78 Å². The number of halogens is 2. The number of ether oxygens (including phenoxy) is 2. The molecule has 2 aromatic rings. The first-order valence-corrected chi connectivity index (χ1v) is 4.68. The van der Waals surface area contributed by atoms with Crippen LogP contribution >= 0.6 is 0 Å². The van der Waals surface area contributed by atoms with E-state index in [0.717, 1.165) is 12.1 Å². The van der Waals surface area contributed by atoms with E-state index in [2.05, 4.69) is 9.97 Å². The summed E-state index contributed by atoms with van der Waals surface area (Å²) in [5.41, 5.74) is 0. The second kappa shape index (κ2) is 4.73. The van der Waals surface area contributed by atoms with Crippen molar-refractivity contribution in [3.63, 3.8) is 0 Å². The molecule has 4 nitrogen and oxygen atoms in total. The molecule has 0 spiro atoms. The average molecular weight is 238 g/mol. The third-order valence-electron chi connectivity index (χ3n) is 1.93. The second-order valence-corrected chi connectivity index (χ2v) is 3.08. The molecule has 0 radical (unpaired) electrons. The van der Waals surface area contributed by atoms with Crippen molar-refractivity contribution in [2.24, 2.45) is 0 Å². The molecule has 0 amide bonds. The first-order chi connectivity index (χ1) is 8.19. The SMILES string of the molecule is COc1cc(Oc2ccc(F)cc2F)ncn1. The Labute approximate surface area is 95.9 Å². The van der Waals surface area contributed by atoms with Crippen molar-refractivity contribution >= 4 is 0 Å². The van der Waals surface area contributed by atoms with Gasteiger partial charge in [-0.05, 0) is 12.1 Å². The van der Waals surface area contributed by atoms with Crippen molar-refractivity contribution in [3.8, 4) is 17.5 Å². The van der Waals surface area contributed by atoms with Crippen LogP contribution in [-0.2, 0) is 0 Å². The van der Waals surface area contributed by atoms with Gasteiger partial charge in [-0.3, -0.25) is 0 Å². The van der Waals surface area contributed by atoms with Crippen LogP contribution in [0.2, 0.25) is 0 Å². The molecular formula is C11H8F2N2O2. The predicted octanol–water partition coefficient (Wildman–Crippen LogP) is 2.56. The highest BCUT2D eigenvalue weighted by Crippen LogP contribution is 2.24. The lowest BCUT2D eigenvalue weighted by atomic mass is 10.3. The number of methoxy groups -OCH3 is 1. The van der Waals surface area contributed by atoms with E-state index >= 15 is 0 Å². The largest absolute Gasteiger partial charge is 0.481 e. The molecule has 88 valence electrons. The normalized spacial score (nSPS) is 10.1. The van der Waals surface area contributed by atoms with Gasteiger partial charge in [0, 0.05) is 6.07 Å². The highest BCUT2D eigenvalue weighted by molar-refractivity contribution is 5.30. The molecule has 0 atom stereocenters. The van der Waals surface area contributed by atoms with Gasteiger partial charge in [-0.25, -0.2) is 18.7 Å². The second-order valence-electron chi connectivity index (χ2n) is 3.08. The Bertz CT molecular complexity index is 535. The summed E-state index contributed by atoms with van der Waals surface area (Å²) >= 11 is 0. The zero-order valence-electron chi connectivity index (χ0n) is 8.85. The molecule has 0 bridgehead atoms. The van der Waals surface area contributed by atoms with Crippen LogP contribution in [0, 0.1) is 11.6 Å². The summed E-state index contributed by atoms with van der Waals surface area (Å²) in [5.74, 6) is -1.19. The molecule has 0 aliphatic carbocycles. The number of benzene rings is 1. The fourth-order valence-electron chi connectivity index (χ4n) is 1.16. The summed E-state index contributed by atoms with van der Waals surface area (Å²) in [5, 5.41) is 0. The van der Waals surface area contributed by atoms with Crippen molar-refractivity contribution in [1.82, 2.24) is 9.97 Å². The summed E-state index contributed by atoms with van der Waals surface area (Å²) in [6.45, 7) is 0. The Hall–Kier alpha value is -2.24. The molecule has 1 aromatic carbocycles. The summed E-state index contributed by atoms with van der Waals surface area (Å²) in [6, 6.07) is 4.40. The summed E-state index contributed by atoms with van der Waals surface area (Å²) in [7, 11) is 1.44. The monoisotopic (exact) mass is 238 g/mol. The van der Waals surface area contributed by atoms with Gasteiger partial charge in [0.1, 0.15) is 12.1 Å². The molecule has 1 heterocycles. The summed E-state index contributed by atoms with van der Waals surface area (Å²) < 4.78 is 35.9. The maximum atomic E-state index is 13.3. The number of aromatic nitrogens is 2. The van der Waals surface area contributed by atoms with Crippen LogP contribution < -0.4 is 9.47 Å². The van der Waals surface area contributed by atoms with Crippen LogP contribution in [0.15, 0.2) is 30.6 Å². The van der Waals surface area contributed by atoms with Gasteiger partial charge in [0.15, 0.2) is 11.6 Å². The molecule has 0 saturated carbocycles. The van der Waals surface area contributed by atoms with E-state index in [1.807, 2.05) is 0 Å². The lowest BCUT2D eigenvalue weighted by Crippen LogP contribution is -1.94. The zero-order chi connectivity index (χ0) is 12.3.